The summed E-state index contributed by atoms with van der Waals surface area (Å²) >= 11 is 0. The van der Waals surface area contributed by atoms with Gasteiger partial charge in [-0.3, -0.25) is 19.9 Å². The Labute approximate surface area is 217 Å². The van der Waals surface area contributed by atoms with Crippen LogP contribution in [0.5, 0.6) is 5.88 Å². The molecule has 1 fully saturated rings. The van der Waals surface area contributed by atoms with E-state index in [-0.39, 0.29) is 11.9 Å². The van der Waals surface area contributed by atoms with Gasteiger partial charge in [0.15, 0.2) is 0 Å². The number of anilines is 2. The number of nitrogens with one attached hydrogen (secondary N) is 1. The average Bonchev–Trinajstić information content (AvgIpc) is 2.89. The van der Waals surface area contributed by atoms with Gasteiger partial charge >= 0.3 is 6.03 Å². The van der Waals surface area contributed by atoms with Gasteiger partial charge in [0.2, 0.25) is 11.8 Å². The van der Waals surface area contributed by atoms with Crippen molar-refractivity contribution in [2.24, 2.45) is 0 Å². The first-order valence-corrected chi connectivity index (χ1v) is 12.4. The number of carbonyl (C=O) groups excluding carboxylic acids is 2. The molecule has 0 bridgehead atoms. The van der Waals surface area contributed by atoms with Crippen LogP contribution in [0.3, 0.4) is 0 Å². The smallest absolute Gasteiger partial charge is 0.328 e. The molecular formula is C26H33N7O4. The molecule has 0 aromatic carbocycles. The van der Waals surface area contributed by atoms with Gasteiger partial charge in [0.05, 0.1) is 25.8 Å². The molecule has 2 aliphatic rings. The number of hydrogen-bond acceptors (Lipinski definition) is 8. The van der Waals surface area contributed by atoms with Crippen LogP contribution in [0.2, 0.25) is 0 Å². The lowest BCUT2D eigenvalue weighted by molar-refractivity contribution is -0.136. The summed E-state index contributed by atoms with van der Waals surface area (Å²) in [6.45, 7) is 3.36. The van der Waals surface area contributed by atoms with Crippen molar-refractivity contribution in [2.45, 2.75) is 32.2 Å². The van der Waals surface area contributed by atoms with E-state index in [2.05, 4.69) is 16.4 Å². The minimum Gasteiger partial charge on any atom is -0.481 e. The summed E-state index contributed by atoms with van der Waals surface area (Å²) in [5.41, 5.74) is 3.06. The minimum atomic E-state index is -0.349. The van der Waals surface area contributed by atoms with E-state index in [0.29, 0.717) is 62.3 Å². The predicted molar refractivity (Wildman–Crippen MR) is 138 cm³/mol. The summed E-state index contributed by atoms with van der Waals surface area (Å²) in [5.74, 6) is 1.40. The molecule has 11 heteroatoms. The highest BCUT2D eigenvalue weighted by molar-refractivity contribution is 6.01. The number of urea groups is 1. The third-order valence-corrected chi connectivity index (χ3v) is 6.65. The van der Waals surface area contributed by atoms with Crippen molar-refractivity contribution >= 4 is 23.6 Å². The molecule has 2 aromatic rings. The van der Waals surface area contributed by atoms with E-state index in [1.54, 1.807) is 25.2 Å². The molecule has 1 N–H and O–H groups in total. The van der Waals surface area contributed by atoms with Gasteiger partial charge in [0.25, 0.3) is 0 Å². The minimum absolute atomic E-state index is 0.0750. The number of fused-ring (bicyclic) bond motifs is 1. The van der Waals surface area contributed by atoms with E-state index in [9.17, 15) is 14.9 Å². The fraction of sp³-hybridized carbons (Fsp3) is 0.500. The van der Waals surface area contributed by atoms with Gasteiger partial charge in [-0.1, -0.05) is 0 Å². The second kappa shape index (κ2) is 12.0. The second-order valence-corrected chi connectivity index (χ2v) is 9.31. The maximum Gasteiger partial charge on any atom is 0.328 e. The van der Waals surface area contributed by atoms with E-state index >= 15 is 0 Å². The lowest BCUT2D eigenvalue weighted by Crippen LogP contribution is -2.48. The van der Waals surface area contributed by atoms with Crippen molar-refractivity contribution in [1.82, 2.24) is 19.8 Å². The van der Waals surface area contributed by atoms with Gasteiger partial charge in [-0.25, -0.2) is 9.78 Å². The second-order valence-electron chi connectivity index (χ2n) is 9.31. The molecule has 37 heavy (non-hydrogen) atoms. The number of aryl methyl sites for hydroxylation is 2. The Hall–Kier alpha value is -3.75. The molecule has 0 saturated carbocycles. The van der Waals surface area contributed by atoms with Gasteiger partial charge in [0, 0.05) is 45.1 Å². The van der Waals surface area contributed by atoms with Crippen LogP contribution in [0.15, 0.2) is 18.3 Å². The number of ether oxygens (including phenoxy) is 2. The number of nitrogens with zero attached hydrogens (tertiary/aromatic N) is 6. The van der Waals surface area contributed by atoms with Crippen LogP contribution in [-0.2, 0) is 28.9 Å². The van der Waals surface area contributed by atoms with Crippen LogP contribution in [-0.4, -0.2) is 85.8 Å². The Balaban J connectivity index is 1.53. The Bertz CT molecular complexity index is 1200. The van der Waals surface area contributed by atoms with Crippen molar-refractivity contribution in [3.05, 3.63) is 40.6 Å². The van der Waals surface area contributed by atoms with Crippen LogP contribution >= 0.6 is 0 Å². The van der Waals surface area contributed by atoms with Gasteiger partial charge in [-0.15, -0.1) is 0 Å². The molecule has 0 spiro atoms. The molecule has 11 nitrogen and oxygen atoms in total. The lowest BCUT2D eigenvalue weighted by Gasteiger charge is -2.33. The van der Waals surface area contributed by atoms with Crippen LogP contribution in [0.1, 0.15) is 35.1 Å². The topological polar surface area (TPSA) is 124 Å². The Morgan fingerprint density at radius 1 is 1.22 bits per heavy atom. The third kappa shape index (κ3) is 6.15. The lowest BCUT2D eigenvalue weighted by atomic mass is 10.0. The first kappa shape index (κ1) is 26.3. The summed E-state index contributed by atoms with van der Waals surface area (Å²) in [6.07, 6.45) is 4.44. The number of likely N-dealkylation sites (N-methyl/N-ethyl adjacent to an activating group) is 1. The zero-order valence-corrected chi connectivity index (χ0v) is 21.6. The van der Waals surface area contributed by atoms with Crippen molar-refractivity contribution in [3.8, 4) is 11.9 Å². The molecular weight excluding hydrogens is 474 g/mol. The van der Waals surface area contributed by atoms with Crippen LogP contribution in [0.4, 0.5) is 16.4 Å². The first-order chi connectivity index (χ1) is 17.9. The number of hydrogen-bond donors (Lipinski definition) is 1. The normalized spacial score (nSPS) is 15.8. The molecule has 196 valence electrons. The number of methoxy groups -OCH3 is 2. The Kier molecular flexibility index (Phi) is 8.53. The zero-order chi connectivity index (χ0) is 26.4. The largest absolute Gasteiger partial charge is 0.481 e. The molecule has 0 atom stereocenters. The zero-order valence-electron chi connectivity index (χ0n) is 21.6. The number of aromatic nitrogens is 2. The molecule has 4 heterocycles. The fourth-order valence-corrected chi connectivity index (χ4v) is 4.67. The van der Waals surface area contributed by atoms with E-state index in [4.69, 9.17) is 14.5 Å². The monoisotopic (exact) mass is 507 g/mol. The molecule has 2 aromatic heterocycles. The number of piperazine rings is 1. The summed E-state index contributed by atoms with van der Waals surface area (Å²) in [5, 5.41) is 12.3. The van der Waals surface area contributed by atoms with E-state index < -0.39 is 0 Å². The van der Waals surface area contributed by atoms with Gasteiger partial charge in [-0.05, 0) is 56.0 Å². The third-order valence-electron chi connectivity index (χ3n) is 6.65. The van der Waals surface area contributed by atoms with Crippen molar-refractivity contribution in [1.29, 1.82) is 5.26 Å². The Morgan fingerprint density at radius 2 is 2.05 bits per heavy atom. The number of pyridine rings is 2. The number of carbonyl (C=O) groups is 2. The van der Waals surface area contributed by atoms with E-state index in [0.717, 1.165) is 42.5 Å². The molecule has 0 aliphatic carbocycles. The van der Waals surface area contributed by atoms with E-state index in [1.165, 1.54) is 6.20 Å². The van der Waals surface area contributed by atoms with Gasteiger partial charge in [0.1, 0.15) is 17.7 Å². The first-order valence-electron chi connectivity index (χ1n) is 12.4. The molecule has 0 radical (unpaired) electrons. The SMILES string of the molecule is COCCCc1cc(NC(=O)N2CCCc3cc(CN4CCN(C)CC4=O)c(OC)nc32)ncc1C#N. The quantitative estimate of drug-likeness (QED) is 0.540. The maximum atomic E-state index is 13.3. The summed E-state index contributed by atoms with van der Waals surface area (Å²) in [6, 6.07) is 5.54. The summed E-state index contributed by atoms with van der Waals surface area (Å²) in [4.78, 5) is 40.1. The van der Waals surface area contributed by atoms with Crippen LogP contribution in [0.25, 0.3) is 0 Å². The fourth-order valence-electron chi connectivity index (χ4n) is 4.67. The number of amides is 3. The van der Waals surface area contributed by atoms with Gasteiger partial charge < -0.3 is 14.4 Å². The summed E-state index contributed by atoms with van der Waals surface area (Å²) in [7, 11) is 5.12. The van der Waals surface area contributed by atoms with Crippen molar-refractivity contribution in [2.75, 3.05) is 64.3 Å². The highest BCUT2D eigenvalue weighted by Gasteiger charge is 2.28. The van der Waals surface area contributed by atoms with Crippen molar-refractivity contribution < 1.29 is 19.1 Å². The molecule has 0 unspecified atom stereocenters. The molecule has 1 saturated heterocycles. The standard InChI is InChI=1S/C26H33N7O4/c1-31-9-10-32(23(34)17-31)16-20-12-19-6-4-8-33(24(19)30-25(20)37-3)26(35)29-22-13-18(7-5-11-36-2)21(14-27)15-28-22/h12-13,15H,4-11,16-17H2,1-3H3,(H,28,29,35). The van der Waals surface area contributed by atoms with Gasteiger partial charge in [-0.2, -0.15) is 10.2 Å². The predicted octanol–water partition coefficient (Wildman–Crippen LogP) is 2.19. The highest BCUT2D eigenvalue weighted by atomic mass is 16.5. The molecule has 4 rings (SSSR count). The number of nitriles is 1. The van der Waals surface area contributed by atoms with Crippen molar-refractivity contribution in [3.63, 3.8) is 0 Å². The van der Waals surface area contributed by atoms with Crippen LogP contribution in [0, 0.1) is 11.3 Å². The number of rotatable bonds is 8. The summed E-state index contributed by atoms with van der Waals surface area (Å²) < 4.78 is 10.7. The van der Waals surface area contributed by atoms with E-state index in [1.807, 2.05) is 22.9 Å². The maximum absolute atomic E-state index is 13.3. The molecule has 2 aliphatic heterocycles. The molecule has 3 amide bonds. The Morgan fingerprint density at radius 3 is 2.78 bits per heavy atom. The average molecular weight is 508 g/mol. The van der Waals surface area contributed by atoms with Crippen LogP contribution < -0.4 is 15.0 Å². The highest BCUT2D eigenvalue weighted by Crippen LogP contribution is 2.32.